The summed E-state index contributed by atoms with van der Waals surface area (Å²) in [6, 6.07) is 3.59. The molecule has 0 saturated carbocycles. The molecule has 0 saturated heterocycles. The van der Waals surface area contributed by atoms with E-state index in [-0.39, 0.29) is 17.6 Å². The molecule has 0 spiro atoms. The molecule has 1 atom stereocenters. The second-order valence-electron chi connectivity index (χ2n) is 4.17. The largest absolute Gasteiger partial charge is 0.494 e. The Morgan fingerprint density at radius 3 is 2.76 bits per heavy atom. The summed E-state index contributed by atoms with van der Waals surface area (Å²) in [5.74, 6) is -0.0548. The van der Waals surface area contributed by atoms with Crippen LogP contribution < -0.4 is 10.5 Å². The summed E-state index contributed by atoms with van der Waals surface area (Å²) >= 11 is 0. The summed E-state index contributed by atoms with van der Waals surface area (Å²) in [4.78, 5) is 0. The number of rotatable bonds is 4. The molecule has 0 fully saturated rings. The number of ether oxygens (including phenoxy) is 1. The summed E-state index contributed by atoms with van der Waals surface area (Å²) in [6.45, 7) is 2.03. The number of pyridine rings is 1. The van der Waals surface area contributed by atoms with Crippen molar-refractivity contribution in [2.24, 2.45) is 5.73 Å². The van der Waals surface area contributed by atoms with Gasteiger partial charge in [0, 0.05) is 18.4 Å². The van der Waals surface area contributed by atoms with E-state index in [1.54, 1.807) is 16.7 Å². The Kier molecular flexibility index (Phi) is 3.33. The van der Waals surface area contributed by atoms with E-state index in [1.807, 2.05) is 19.2 Å². The topological polar surface area (TPSA) is 39.7 Å². The highest BCUT2D eigenvalue weighted by molar-refractivity contribution is 5.60. The Hall–Kier alpha value is -1.55. The molecule has 17 heavy (non-hydrogen) atoms. The van der Waals surface area contributed by atoms with Crippen LogP contribution in [-0.4, -0.2) is 17.6 Å². The zero-order valence-electron chi connectivity index (χ0n) is 10.1. The van der Waals surface area contributed by atoms with Crippen molar-refractivity contribution in [3.05, 3.63) is 35.9 Å². The zero-order valence-corrected chi connectivity index (χ0v) is 10.1. The molecular formula is C13H17FN2O. The van der Waals surface area contributed by atoms with Gasteiger partial charge in [-0.3, -0.25) is 0 Å². The summed E-state index contributed by atoms with van der Waals surface area (Å²) in [6.07, 6.45) is 5.19. The maximum atomic E-state index is 14.1. The molecule has 4 heteroatoms. The van der Waals surface area contributed by atoms with Gasteiger partial charge in [-0.25, -0.2) is 4.39 Å². The van der Waals surface area contributed by atoms with Crippen LogP contribution in [0.4, 0.5) is 4.39 Å². The van der Waals surface area contributed by atoms with E-state index in [1.165, 1.54) is 7.11 Å². The van der Waals surface area contributed by atoms with E-state index in [0.29, 0.717) is 11.9 Å². The third kappa shape index (κ3) is 2.13. The van der Waals surface area contributed by atoms with Crippen molar-refractivity contribution >= 4 is 5.52 Å². The minimum Gasteiger partial charge on any atom is -0.494 e. The first-order valence-corrected chi connectivity index (χ1v) is 5.75. The number of hydrogen-bond donors (Lipinski definition) is 1. The highest BCUT2D eigenvalue weighted by Gasteiger charge is 2.14. The number of methoxy groups -OCH3 is 1. The van der Waals surface area contributed by atoms with Gasteiger partial charge >= 0.3 is 0 Å². The SMILES string of the molecule is CCC(N)Cc1ccn2ccc(OC)c(F)c12. The molecule has 2 rings (SSSR count). The second-order valence-corrected chi connectivity index (χ2v) is 4.17. The average Bonchev–Trinajstić information content (AvgIpc) is 2.73. The predicted molar refractivity (Wildman–Crippen MR) is 65.9 cm³/mol. The number of hydrogen-bond acceptors (Lipinski definition) is 2. The molecule has 0 aliphatic rings. The summed E-state index contributed by atoms with van der Waals surface area (Å²) < 4.78 is 20.9. The molecule has 0 aliphatic heterocycles. The van der Waals surface area contributed by atoms with Gasteiger partial charge in [0.2, 0.25) is 0 Å². The lowest BCUT2D eigenvalue weighted by Gasteiger charge is -2.09. The number of aromatic nitrogens is 1. The van der Waals surface area contributed by atoms with E-state index in [4.69, 9.17) is 10.5 Å². The number of nitrogens with zero attached hydrogens (tertiary/aromatic N) is 1. The molecule has 0 radical (unpaired) electrons. The van der Waals surface area contributed by atoms with E-state index >= 15 is 0 Å². The normalized spacial score (nSPS) is 12.9. The molecule has 2 aromatic heterocycles. The molecule has 0 aliphatic carbocycles. The Labute approximate surface area is 100.0 Å². The summed E-state index contributed by atoms with van der Waals surface area (Å²) in [5, 5.41) is 0. The van der Waals surface area contributed by atoms with Gasteiger partial charge < -0.3 is 14.9 Å². The molecule has 1 unspecified atom stereocenters. The minimum absolute atomic E-state index is 0.0619. The van der Waals surface area contributed by atoms with Crippen LogP contribution in [0.3, 0.4) is 0 Å². The van der Waals surface area contributed by atoms with Crippen molar-refractivity contribution in [3.8, 4) is 5.75 Å². The van der Waals surface area contributed by atoms with Gasteiger partial charge in [0.15, 0.2) is 11.6 Å². The number of halogens is 1. The summed E-state index contributed by atoms with van der Waals surface area (Å²) in [5.41, 5.74) is 7.40. The Balaban J connectivity index is 2.50. The highest BCUT2D eigenvalue weighted by atomic mass is 19.1. The Morgan fingerprint density at radius 2 is 2.12 bits per heavy atom. The number of fused-ring (bicyclic) bond motifs is 1. The van der Waals surface area contributed by atoms with Gasteiger partial charge in [-0.15, -0.1) is 0 Å². The fraction of sp³-hybridized carbons (Fsp3) is 0.385. The van der Waals surface area contributed by atoms with Crippen molar-refractivity contribution in [2.75, 3.05) is 7.11 Å². The predicted octanol–water partition coefficient (Wildman–Crippen LogP) is 2.37. The molecule has 92 valence electrons. The first kappa shape index (κ1) is 11.9. The summed E-state index contributed by atoms with van der Waals surface area (Å²) in [7, 11) is 1.47. The maximum absolute atomic E-state index is 14.1. The third-order valence-corrected chi connectivity index (χ3v) is 3.04. The standard InChI is InChI=1S/C13H17FN2O/c1-3-10(15)8-9-4-6-16-7-5-11(17-2)12(14)13(9)16/h4-7,10H,3,8,15H2,1-2H3. The Morgan fingerprint density at radius 1 is 1.41 bits per heavy atom. The first-order chi connectivity index (χ1) is 8.17. The zero-order chi connectivity index (χ0) is 12.4. The van der Waals surface area contributed by atoms with Gasteiger partial charge in [-0.2, -0.15) is 0 Å². The van der Waals surface area contributed by atoms with Gasteiger partial charge in [0.05, 0.1) is 12.6 Å². The van der Waals surface area contributed by atoms with Crippen LogP contribution in [0.15, 0.2) is 24.5 Å². The fourth-order valence-electron chi connectivity index (χ4n) is 1.96. The smallest absolute Gasteiger partial charge is 0.189 e. The van der Waals surface area contributed by atoms with Crippen LogP contribution in [0.25, 0.3) is 5.52 Å². The van der Waals surface area contributed by atoms with Crippen LogP contribution >= 0.6 is 0 Å². The molecule has 3 nitrogen and oxygen atoms in total. The lowest BCUT2D eigenvalue weighted by Crippen LogP contribution is -2.21. The van der Waals surface area contributed by atoms with Gasteiger partial charge in [0.25, 0.3) is 0 Å². The van der Waals surface area contributed by atoms with Crippen LogP contribution in [0.1, 0.15) is 18.9 Å². The molecule has 2 heterocycles. The molecule has 2 aromatic rings. The lowest BCUT2D eigenvalue weighted by atomic mass is 10.1. The third-order valence-electron chi connectivity index (χ3n) is 3.04. The van der Waals surface area contributed by atoms with Gasteiger partial charge in [0.1, 0.15) is 0 Å². The average molecular weight is 236 g/mol. The van der Waals surface area contributed by atoms with E-state index in [2.05, 4.69) is 0 Å². The van der Waals surface area contributed by atoms with E-state index < -0.39 is 0 Å². The number of nitrogens with two attached hydrogens (primary N) is 1. The van der Waals surface area contributed by atoms with Gasteiger partial charge in [-0.1, -0.05) is 6.92 Å². The minimum atomic E-state index is -0.321. The van der Waals surface area contributed by atoms with Crippen molar-refractivity contribution in [3.63, 3.8) is 0 Å². The quantitative estimate of drug-likeness (QED) is 0.885. The van der Waals surface area contributed by atoms with Gasteiger partial charge in [-0.05, 0) is 30.5 Å². The fourth-order valence-corrected chi connectivity index (χ4v) is 1.96. The van der Waals surface area contributed by atoms with Crippen LogP contribution in [0.5, 0.6) is 5.75 Å². The molecular weight excluding hydrogens is 219 g/mol. The second kappa shape index (κ2) is 4.75. The van der Waals surface area contributed by atoms with E-state index in [0.717, 1.165) is 12.0 Å². The monoisotopic (exact) mass is 236 g/mol. The lowest BCUT2D eigenvalue weighted by molar-refractivity contribution is 0.387. The molecule has 2 N–H and O–H groups in total. The van der Waals surface area contributed by atoms with E-state index in [9.17, 15) is 4.39 Å². The molecule has 0 amide bonds. The Bertz CT molecular complexity index is 521. The molecule has 0 bridgehead atoms. The van der Waals surface area contributed by atoms with Crippen molar-refractivity contribution < 1.29 is 9.13 Å². The van der Waals surface area contributed by atoms with Crippen molar-refractivity contribution in [1.29, 1.82) is 0 Å². The first-order valence-electron chi connectivity index (χ1n) is 5.75. The van der Waals surface area contributed by atoms with Crippen LogP contribution in [0, 0.1) is 5.82 Å². The maximum Gasteiger partial charge on any atom is 0.189 e. The van der Waals surface area contributed by atoms with Crippen LogP contribution in [-0.2, 0) is 6.42 Å². The van der Waals surface area contributed by atoms with Crippen LogP contribution in [0.2, 0.25) is 0 Å². The highest BCUT2D eigenvalue weighted by Crippen LogP contribution is 2.25. The van der Waals surface area contributed by atoms with Crippen molar-refractivity contribution in [2.45, 2.75) is 25.8 Å². The molecule has 0 aromatic carbocycles. The van der Waals surface area contributed by atoms with Crippen molar-refractivity contribution in [1.82, 2.24) is 4.40 Å².